The Balaban J connectivity index is 0.00000172. The molecule has 20 heavy (non-hydrogen) atoms. The van der Waals surface area contributed by atoms with Gasteiger partial charge in [-0.2, -0.15) is 0 Å². The maximum absolute atomic E-state index is 10.1. The number of nitrogens with one attached hydrogen (secondary N) is 1. The van der Waals surface area contributed by atoms with E-state index >= 15 is 0 Å². The summed E-state index contributed by atoms with van der Waals surface area (Å²) in [5.41, 5.74) is 2.15. The molecule has 2 atom stereocenters. The van der Waals surface area contributed by atoms with E-state index < -0.39 is 6.10 Å². The molecule has 0 spiro atoms. The quantitative estimate of drug-likeness (QED) is 0.661. The van der Waals surface area contributed by atoms with Crippen LogP contribution in [0.25, 0.3) is 0 Å². The molecule has 0 amide bonds. The summed E-state index contributed by atoms with van der Waals surface area (Å²) in [6.07, 6.45) is 0.536. The fourth-order valence-corrected chi connectivity index (χ4v) is 2.44. The topological polar surface area (TPSA) is 52.5 Å². The molecule has 0 heterocycles. The molecule has 2 unspecified atom stereocenters. The van der Waals surface area contributed by atoms with E-state index in [1.54, 1.807) is 0 Å². The number of halogens is 1. The highest BCUT2D eigenvalue weighted by Crippen LogP contribution is 2.29. The predicted octanol–water partition coefficient (Wildman–Crippen LogP) is 3.60. The summed E-state index contributed by atoms with van der Waals surface area (Å²) < 4.78 is 1.09. The van der Waals surface area contributed by atoms with Crippen LogP contribution in [0.15, 0.2) is 22.7 Å². The van der Waals surface area contributed by atoms with E-state index in [2.05, 4.69) is 41.2 Å². The average molecular weight is 346 g/mol. The highest BCUT2D eigenvalue weighted by Gasteiger charge is 2.12. The number of rotatable bonds is 7. The number of aliphatic hydroxyl groups is 2. The second-order valence-electron chi connectivity index (χ2n) is 4.53. The van der Waals surface area contributed by atoms with Crippen LogP contribution in [0.5, 0.6) is 0 Å². The summed E-state index contributed by atoms with van der Waals surface area (Å²) in [7, 11) is 0. The van der Waals surface area contributed by atoms with Crippen molar-refractivity contribution in [1.82, 2.24) is 5.32 Å². The predicted molar refractivity (Wildman–Crippen MR) is 89.1 cm³/mol. The van der Waals surface area contributed by atoms with Gasteiger partial charge in [0.25, 0.3) is 0 Å². The van der Waals surface area contributed by atoms with Gasteiger partial charge in [-0.15, -0.1) is 0 Å². The van der Waals surface area contributed by atoms with Gasteiger partial charge in [-0.3, -0.25) is 0 Å². The van der Waals surface area contributed by atoms with Crippen molar-refractivity contribution >= 4 is 15.9 Å². The second kappa shape index (κ2) is 11.3. The molecule has 1 rings (SSSR count). The lowest BCUT2D eigenvalue weighted by atomic mass is 9.95. The Kier molecular flexibility index (Phi) is 11.0. The minimum absolute atomic E-state index is 0.0885. The van der Waals surface area contributed by atoms with E-state index in [1.165, 1.54) is 5.56 Å². The zero-order valence-corrected chi connectivity index (χ0v) is 14.6. The van der Waals surface area contributed by atoms with Crippen LogP contribution < -0.4 is 5.32 Å². The lowest BCUT2D eigenvalue weighted by Gasteiger charge is -2.17. The molecule has 0 aromatic heterocycles. The van der Waals surface area contributed by atoms with Crippen molar-refractivity contribution in [3.05, 3.63) is 33.8 Å². The lowest BCUT2D eigenvalue weighted by molar-refractivity contribution is 0.170. The molecular weight excluding hydrogens is 318 g/mol. The summed E-state index contributed by atoms with van der Waals surface area (Å²) in [4.78, 5) is 0. The van der Waals surface area contributed by atoms with Gasteiger partial charge in [-0.05, 0) is 29.5 Å². The lowest BCUT2D eigenvalue weighted by Crippen LogP contribution is -2.24. The van der Waals surface area contributed by atoms with Gasteiger partial charge in [-0.1, -0.05) is 55.8 Å². The highest BCUT2D eigenvalue weighted by atomic mass is 79.9. The monoisotopic (exact) mass is 345 g/mol. The van der Waals surface area contributed by atoms with E-state index in [4.69, 9.17) is 5.11 Å². The zero-order chi connectivity index (χ0) is 15.5. The maximum Gasteiger partial charge on any atom is 0.0914 e. The second-order valence-corrected chi connectivity index (χ2v) is 5.39. The van der Waals surface area contributed by atoms with Crippen LogP contribution in [0.1, 0.15) is 57.3 Å². The van der Waals surface area contributed by atoms with E-state index in [-0.39, 0.29) is 6.61 Å². The molecule has 0 aliphatic carbocycles. The summed E-state index contributed by atoms with van der Waals surface area (Å²) >= 11 is 3.55. The largest absolute Gasteiger partial charge is 0.395 e. The molecule has 4 heteroatoms. The van der Waals surface area contributed by atoms with Crippen molar-refractivity contribution in [1.29, 1.82) is 0 Å². The van der Waals surface area contributed by atoms with Crippen molar-refractivity contribution in [2.24, 2.45) is 0 Å². The third-order valence-corrected chi connectivity index (χ3v) is 3.90. The molecular formula is C16H28BrNO2. The van der Waals surface area contributed by atoms with Crippen molar-refractivity contribution in [2.45, 2.75) is 46.1 Å². The Morgan fingerprint density at radius 1 is 1.30 bits per heavy atom. The Morgan fingerprint density at radius 3 is 2.50 bits per heavy atom. The fraction of sp³-hybridized carbons (Fsp3) is 0.625. The van der Waals surface area contributed by atoms with Crippen LogP contribution in [-0.2, 0) is 0 Å². The first-order valence-electron chi connectivity index (χ1n) is 7.39. The van der Waals surface area contributed by atoms with Crippen LogP contribution in [-0.4, -0.2) is 29.9 Å². The normalized spacial score (nSPS) is 13.3. The van der Waals surface area contributed by atoms with Crippen molar-refractivity contribution in [2.75, 3.05) is 19.7 Å². The molecule has 0 fully saturated rings. The van der Waals surface area contributed by atoms with Gasteiger partial charge in [0.1, 0.15) is 0 Å². The van der Waals surface area contributed by atoms with Crippen molar-refractivity contribution < 1.29 is 10.2 Å². The van der Waals surface area contributed by atoms with Crippen LogP contribution in [0.2, 0.25) is 0 Å². The standard InChI is InChI=1S/C14H22BrNO2.C2H6/c1-3-10(2)12-8-11(4-5-13(12)15)14(18)9-16-6-7-17;1-2/h4-5,8,10,14,16-18H,3,6-7,9H2,1-2H3;1-2H3. The van der Waals surface area contributed by atoms with E-state index in [9.17, 15) is 5.11 Å². The molecule has 0 radical (unpaired) electrons. The van der Waals surface area contributed by atoms with Crippen molar-refractivity contribution in [3.63, 3.8) is 0 Å². The Morgan fingerprint density at radius 2 is 1.95 bits per heavy atom. The van der Waals surface area contributed by atoms with Gasteiger partial charge < -0.3 is 15.5 Å². The van der Waals surface area contributed by atoms with Gasteiger partial charge in [0, 0.05) is 17.6 Å². The molecule has 0 aliphatic rings. The van der Waals surface area contributed by atoms with Crippen LogP contribution >= 0.6 is 15.9 Å². The van der Waals surface area contributed by atoms with E-state index in [1.807, 2.05) is 26.0 Å². The van der Waals surface area contributed by atoms with Crippen LogP contribution in [0, 0.1) is 0 Å². The summed E-state index contributed by atoms with van der Waals surface area (Å²) in [5.74, 6) is 0.469. The first-order valence-corrected chi connectivity index (χ1v) is 8.18. The Bertz CT molecular complexity index is 371. The maximum atomic E-state index is 10.1. The van der Waals surface area contributed by atoms with Gasteiger partial charge in [0.15, 0.2) is 0 Å². The molecule has 0 saturated heterocycles. The Hall–Kier alpha value is -0.420. The minimum Gasteiger partial charge on any atom is -0.395 e. The first kappa shape index (κ1) is 19.6. The molecule has 3 N–H and O–H groups in total. The van der Waals surface area contributed by atoms with Gasteiger partial charge in [-0.25, -0.2) is 0 Å². The van der Waals surface area contributed by atoms with Gasteiger partial charge >= 0.3 is 0 Å². The molecule has 1 aromatic rings. The van der Waals surface area contributed by atoms with E-state index in [0.717, 1.165) is 16.5 Å². The average Bonchev–Trinajstić information content (AvgIpc) is 2.49. The third kappa shape index (κ3) is 6.35. The zero-order valence-electron chi connectivity index (χ0n) is 13.0. The minimum atomic E-state index is -0.535. The van der Waals surface area contributed by atoms with Crippen LogP contribution in [0.3, 0.4) is 0 Å². The first-order chi connectivity index (χ1) is 9.60. The number of hydrogen-bond donors (Lipinski definition) is 3. The van der Waals surface area contributed by atoms with Gasteiger partial charge in [0.05, 0.1) is 12.7 Å². The molecule has 0 aliphatic heterocycles. The van der Waals surface area contributed by atoms with Crippen LogP contribution in [0.4, 0.5) is 0 Å². The number of hydrogen-bond acceptors (Lipinski definition) is 3. The molecule has 3 nitrogen and oxygen atoms in total. The highest BCUT2D eigenvalue weighted by molar-refractivity contribution is 9.10. The molecule has 0 bridgehead atoms. The number of benzene rings is 1. The Labute approximate surface area is 131 Å². The summed E-state index contributed by atoms with van der Waals surface area (Å²) in [6.45, 7) is 9.39. The SMILES string of the molecule is CC.CCC(C)c1cc(C(O)CNCCO)ccc1Br. The van der Waals surface area contributed by atoms with Crippen molar-refractivity contribution in [3.8, 4) is 0 Å². The third-order valence-electron chi connectivity index (χ3n) is 3.17. The summed E-state index contributed by atoms with van der Waals surface area (Å²) in [6, 6.07) is 5.98. The molecule has 0 saturated carbocycles. The van der Waals surface area contributed by atoms with Gasteiger partial charge in [0.2, 0.25) is 0 Å². The summed E-state index contributed by atoms with van der Waals surface area (Å²) in [5, 5.41) is 21.7. The van der Waals surface area contributed by atoms with E-state index in [0.29, 0.717) is 19.0 Å². The smallest absolute Gasteiger partial charge is 0.0914 e. The molecule has 1 aromatic carbocycles. The molecule has 116 valence electrons. The number of aliphatic hydroxyl groups excluding tert-OH is 2. The fourth-order valence-electron chi connectivity index (χ4n) is 1.80.